The van der Waals surface area contributed by atoms with Gasteiger partial charge < -0.3 is 15.0 Å². The van der Waals surface area contributed by atoms with Crippen molar-refractivity contribution in [2.75, 3.05) is 6.54 Å². The molecule has 2 aromatic heterocycles. The van der Waals surface area contributed by atoms with E-state index in [-0.39, 0.29) is 17.9 Å². The van der Waals surface area contributed by atoms with Gasteiger partial charge in [0.05, 0.1) is 31.0 Å². The maximum Gasteiger partial charge on any atom is 0.230 e. The number of thiophene rings is 1. The van der Waals surface area contributed by atoms with E-state index in [9.17, 15) is 9.59 Å². The van der Waals surface area contributed by atoms with Crippen molar-refractivity contribution < 1.29 is 14.3 Å². The lowest BCUT2D eigenvalue weighted by atomic mass is 9.77. The van der Waals surface area contributed by atoms with E-state index in [0.29, 0.717) is 19.6 Å². The number of fused-ring (bicyclic) bond motifs is 1. The van der Waals surface area contributed by atoms with Crippen LogP contribution < -0.4 is 5.32 Å². The first-order valence-corrected chi connectivity index (χ1v) is 9.89. The molecule has 6 nitrogen and oxygen atoms in total. The summed E-state index contributed by atoms with van der Waals surface area (Å²) in [6.45, 7) is 1.44. The number of carbonyl (C=O) groups is 2. The Morgan fingerprint density at radius 3 is 3.11 bits per heavy atom. The van der Waals surface area contributed by atoms with E-state index in [1.807, 2.05) is 41.8 Å². The quantitative estimate of drug-likeness (QED) is 0.801. The lowest BCUT2D eigenvalue weighted by Crippen LogP contribution is -2.43. The number of pyridine rings is 1. The van der Waals surface area contributed by atoms with E-state index in [1.165, 1.54) is 0 Å². The molecular formula is C20H19N3O3S. The predicted molar refractivity (Wildman–Crippen MR) is 99.5 cm³/mol. The maximum absolute atomic E-state index is 13.1. The smallest absolute Gasteiger partial charge is 0.230 e. The van der Waals surface area contributed by atoms with Crippen molar-refractivity contribution in [3.63, 3.8) is 0 Å². The van der Waals surface area contributed by atoms with Gasteiger partial charge in [0.25, 0.3) is 0 Å². The first-order chi connectivity index (χ1) is 13.2. The highest BCUT2D eigenvalue weighted by Gasteiger charge is 2.66. The van der Waals surface area contributed by atoms with E-state index < -0.39 is 17.4 Å². The highest BCUT2D eigenvalue weighted by Crippen LogP contribution is 2.52. The molecule has 138 valence electrons. The second-order valence-corrected chi connectivity index (χ2v) is 8.28. The minimum absolute atomic E-state index is 0.0121. The zero-order chi connectivity index (χ0) is 18.4. The molecule has 3 aliphatic rings. The van der Waals surface area contributed by atoms with Crippen LogP contribution in [0.1, 0.15) is 10.4 Å². The minimum Gasteiger partial charge on any atom is -0.360 e. The molecule has 1 N–H and O–H groups in total. The molecule has 2 saturated heterocycles. The number of hydrogen-bond acceptors (Lipinski definition) is 5. The monoisotopic (exact) mass is 381 g/mol. The van der Waals surface area contributed by atoms with Crippen molar-refractivity contribution in [3.05, 3.63) is 64.6 Å². The number of nitrogens with zero attached hydrogens (tertiary/aromatic N) is 2. The van der Waals surface area contributed by atoms with Gasteiger partial charge in [-0.25, -0.2) is 0 Å². The normalized spacial score (nSPS) is 30.7. The summed E-state index contributed by atoms with van der Waals surface area (Å²) in [5, 5.41) is 4.97. The summed E-state index contributed by atoms with van der Waals surface area (Å²) in [6, 6.07) is 7.75. The van der Waals surface area contributed by atoms with Gasteiger partial charge >= 0.3 is 0 Å². The molecule has 2 fully saturated rings. The Labute approximate surface area is 160 Å². The first kappa shape index (κ1) is 16.6. The molecule has 4 atom stereocenters. The van der Waals surface area contributed by atoms with Gasteiger partial charge in [0.15, 0.2) is 0 Å². The van der Waals surface area contributed by atoms with Crippen molar-refractivity contribution in [1.82, 2.24) is 15.2 Å². The van der Waals surface area contributed by atoms with Gasteiger partial charge in [-0.15, -0.1) is 11.3 Å². The molecule has 2 amide bonds. The number of rotatable bonds is 5. The Bertz CT molecular complexity index is 898. The number of ether oxygens (including phenoxy) is 1. The minimum atomic E-state index is -0.672. The third-order valence-electron chi connectivity index (χ3n) is 5.59. The molecular weight excluding hydrogens is 362 g/mol. The maximum atomic E-state index is 13.1. The van der Waals surface area contributed by atoms with Crippen LogP contribution in [0.25, 0.3) is 0 Å². The molecule has 3 aliphatic heterocycles. The van der Waals surface area contributed by atoms with Crippen LogP contribution in [-0.4, -0.2) is 39.9 Å². The van der Waals surface area contributed by atoms with Gasteiger partial charge in [0, 0.05) is 23.8 Å². The standard InChI is InChI=1S/C20H19N3O3S/c24-18(22-10-14-4-2-8-27-14)16-15-5-6-20(26-15)12-23(19(25)17(16)20)11-13-3-1-7-21-9-13/h1-9,15-17H,10-12H2,(H,22,24)/t15-,16+,17-,20+/m1/s1. The van der Waals surface area contributed by atoms with Crippen molar-refractivity contribution in [2.24, 2.45) is 11.8 Å². The van der Waals surface area contributed by atoms with E-state index in [1.54, 1.807) is 28.6 Å². The Morgan fingerprint density at radius 1 is 1.41 bits per heavy atom. The molecule has 0 unspecified atom stereocenters. The number of amides is 2. The lowest BCUT2D eigenvalue weighted by Gasteiger charge is -2.23. The summed E-state index contributed by atoms with van der Waals surface area (Å²) in [7, 11) is 0. The van der Waals surface area contributed by atoms with Crippen molar-refractivity contribution in [1.29, 1.82) is 0 Å². The Hall–Kier alpha value is -2.51. The van der Waals surface area contributed by atoms with Gasteiger partial charge in [0.2, 0.25) is 11.8 Å². The van der Waals surface area contributed by atoms with E-state index in [4.69, 9.17) is 4.74 Å². The molecule has 5 heterocycles. The molecule has 27 heavy (non-hydrogen) atoms. The van der Waals surface area contributed by atoms with Crippen LogP contribution in [0.3, 0.4) is 0 Å². The summed E-state index contributed by atoms with van der Waals surface area (Å²) < 4.78 is 6.15. The molecule has 0 aliphatic carbocycles. The number of nitrogens with one attached hydrogen (secondary N) is 1. The first-order valence-electron chi connectivity index (χ1n) is 9.01. The fourth-order valence-electron chi connectivity index (χ4n) is 4.43. The zero-order valence-corrected chi connectivity index (χ0v) is 15.4. The molecule has 1 spiro atoms. The molecule has 7 heteroatoms. The SMILES string of the molecule is O=C(NCc1cccs1)[C@H]1[C@H]2C=C[C@@]3(CN(Cc4cccnc4)C(=O)[C@@H]13)O2. The van der Waals surface area contributed by atoms with Crippen molar-refractivity contribution >= 4 is 23.2 Å². The molecule has 2 aromatic rings. The van der Waals surface area contributed by atoms with Crippen LogP contribution in [-0.2, 0) is 27.4 Å². The number of hydrogen-bond donors (Lipinski definition) is 1. The largest absolute Gasteiger partial charge is 0.360 e. The average molecular weight is 381 g/mol. The van der Waals surface area contributed by atoms with Crippen molar-refractivity contribution in [3.8, 4) is 0 Å². The topological polar surface area (TPSA) is 71.5 Å². The third-order valence-corrected chi connectivity index (χ3v) is 6.47. The molecule has 0 saturated carbocycles. The molecule has 2 bridgehead atoms. The summed E-state index contributed by atoms with van der Waals surface area (Å²) in [5.74, 6) is -1.04. The Balaban J connectivity index is 1.34. The fraction of sp³-hybridized carbons (Fsp3) is 0.350. The third kappa shape index (κ3) is 2.69. The van der Waals surface area contributed by atoms with Gasteiger partial charge in [-0.1, -0.05) is 24.3 Å². The summed E-state index contributed by atoms with van der Waals surface area (Å²) >= 11 is 1.60. The van der Waals surface area contributed by atoms with Crippen LogP contribution in [0.4, 0.5) is 0 Å². The summed E-state index contributed by atoms with van der Waals surface area (Å²) in [4.78, 5) is 33.0. The highest BCUT2D eigenvalue weighted by molar-refractivity contribution is 7.09. The Kier molecular flexibility index (Phi) is 3.87. The van der Waals surface area contributed by atoms with E-state index in [2.05, 4.69) is 10.3 Å². The second-order valence-electron chi connectivity index (χ2n) is 7.25. The van der Waals surface area contributed by atoms with E-state index in [0.717, 1.165) is 10.4 Å². The Morgan fingerprint density at radius 2 is 2.33 bits per heavy atom. The second kappa shape index (κ2) is 6.28. The van der Waals surface area contributed by atoms with Crippen LogP contribution in [0, 0.1) is 11.8 Å². The van der Waals surface area contributed by atoms with Gasteiger partial charge in [-0.3, -0.25) is 14.6 Å². The van der Waals surface area contributed by atoms with Crippen LogP contribution in [0.5, 0.6) is 0 Å². The number of likely N-dealkylation sites (tertiary alicyclic amines) is 1. The van der Waals surface area contributed by atoms with Gasteiger partial charge in [0.1, 0.15) is 5.60 Å². The lowest BCUT2D eigenvalue weighted by molar-refractivity contribution is -0.137. The van der Waals surface area contributed by atoms with Gasteiger partial charge in [-0.2, -0.15) is 0 Å². The highest BCUT2D eigenvalue weighted by atomic mass is 32.1. The zero-order valence-electron chi connectivity index (χ0n) is 14.6. The fourth-order valence-corrected chi connectivity index (χ4v) is 5.07. The summed E-state index contributed by atoms with van der Waals surface area (Å²) in [6.07, 6.45) is 7.07. The number of aromatic nitrogens is 1. The van der Waals surface area contributed by atoms with Crippen molar-refractivity contribution in [2.45, 2.75) is 24.8 Å². The number of carbonyl (C=O) groups excluding carboxylic acids is 2. The average Bonchev–Trinajstić information content (AvgIpc) is 3.44. The van der Waals surface area contributed by atoms with E-state index >= 15 is 0 Å². The predicted octanol–water partition coefficient (Wildman–Crippen LogP) is 1.74. The molecule has 5 rings (SSSR count). The van der Waals surface area contributed by atoms with Crippen LogP contribution in [0.15, 0.2) is 54.2 Å². The van der Waals surface area contributed by atoms with Crippen LogP contribution >= 0.6 is 11.3 Å². The summed E-state index contributed by atoms with van der Waals surface area (Å²) in [5.41, 5.74) is 0.300. The van der Waals surface area contributed by atoms with Gasteiger partial charge in [-0.05, 0) is 23.1 Å². The molecule has 0 aromatic carbocycles. The van der Waals surface area contributed by atoms with Crippen LogP contribution in [0.2, 0.25) is 0 Å². The molecule has 0 radical (unpaired) electrons.